The molecule has 27 heavy (non-hydrogen) atoms. The molecule has 4 heteroatoms. The Balaban J connectivity index is 1.84. The van der Waals surface area contributed by atoms with Gasteiger partial charge in [-0.25, -0.2) is 0 Å². The number of ketones is 1. The molecule has 0 saturated heterocycles. The van der Waals surface area contributed by atoms with Crippen molar-refractivity contribution in [2.75, 3.05) is 13.7 Å². The Morgan fingerprint density at radius 3 is 2.52 bits per heavy atom. The lowest BCUT2D eigenvalue weighted by atomic mass is 10.0. The van der Waals surface area contributed by atoms with Gasteiger partial charge in [-0.2, -0.15) is 0 Å². The molecule has 0 fully saturated rings. The van der Waals surface area contributed by atoms with Crippen molar-refractivity contribution in [2.45, 2.75) is 19.8 Å². The fraction of sp³-hybridized carbons (Fsp3) is 0.217. The molecule has 0 unspecified atom stereocenters. The van der Waals surface area contributed by atoms with Gasteiger partial charge < -0.3 is 9.47 Å². The maximum absolute atomic E-state index is 12.8. The Bertz CT molecular complexity index is 930. The highest BCUT2D eigenvalue weighted by molar-refractivity contribution is 6.05. The molecule has 0 heterocycles. The molecule has 3 rings (SSSR count). The number of Topliss-reactive ketones (excluding diaryl/α,β-unsaturated/α-hetero) is 1. The highest BCUT2D eigenvalue weighted by atomic mass is 16.5. The second kappa shape index (κ2) is 8.49. The zero-order chi connectivity index (χ0) is 19.2. The minimum absolute atomic E-state index is 0.110. The van der Waals surface area contributed by atoms with Crippen molar-refractivity contribution in [3.05, 3.63) is 71.3 Å². The average Bonchev–Trinajstić information content (AvgIpc) is 2.87. The largest absolute Gasteiger partial charge is 0.497 e. The van der Waals surface area contributed by atoms with Crippen molar-refractivity contribution in [1.29, 1.82) is 0 Å². The van der Waals surface area contributed by atoms with E-state index >= 15 is 0 Å². The molecule has 0 amide bonds. The predicted octanol–water partition coefficient (Wildman–Crippen LogP) is 4.83. The summed E-state index contributed by atoms with van der Waals surface area (Å²) >= 11 is 0. The quantitative estimate of drug-likeness (QED) is 0.425. The van der Waals surface area contributed by atoms with Gasteiger partial charge in [-0.05, 0) is 47.4 Å². The minimum atomic E-state index is -0.129. The number of ether oxygens (including phenoxy) is 2. The van der Waals surface area contributed by atoms with Crippen LogP contribution in [0.2, 0.25) is 0 Å². The molecular formula is C23H22O4. The number of carbonyl (C=O) groups excluding carboxylic acids is 2. The van der Waals surface area contributed by atoms with Gasteiger partial charge in [-0.1, -0.05) is 43.7 Å². The topological polar surface area (TPSA) is 52.6 Å². The van der Waals surface area contributed by atoms with Gasteiger partial charge in [0.15, 0.2) is 12.9 Å². The summed E-state index contributed by atoms with van der Waals surface area (Å²) in [5.41, 5.74) is 4.22. The molecule has 1 aromatic carbocycles. The van der Waals surface area contributed by atoms with Crippen molar-refractivity contribution in [3.8, 4) is 22.6 Å². The highest BCUT2D eigenvalue weighted by Crippen LogP contribution is 2.33. The minimum Gasteiger partial charge on any atom is -0.497 e. The first-order valence-corrected chi connectivity index (χ1v) is 8.97. The lowest BCUT2D eigenvalue weighted by molar-refractivity contribution is 0.0919. The van der Waals surface area contributed by atoms with Crippen LogP contribution in [-0.2, 0) is 6.42 Å². The van der Waals surface area contributed by atoms with Crippen molar-refractivity contribution in [2.24, 2.45) is 0 Å². The normalized spacial score (nSPS) is 10.6. The predicted molar refractivity (Wildman–Crippen MR) is 105 cm³/mol. The van der Waals surface area contributed by atoms with Crippen LogP contribution in [0.1, 0.15) is 39.6 Å². The first kappa shape index (κ1) is 18.6. The summed E-state index contributed by atoms with van der Waals surface area (Å²) in [6, 6.07) is 16.8. The van der Waals surface area contributed by atoms with Crippen LogP contribution in [0.25, 0.3) is 11.1 Å². The second-order valence-electron chi connectivity index (χ2n) is 6.30. The first-order valence-electron chi connectivity index (χ1n) is 8.97. The SMILES string of the molecule is CCCc1cc(C(=O)COc2ccc(OC)cc2C=O)c2cccccc1-2. The monoisotopic (exact) mass is 362 g/mol. The number of benzene rings is 1. The van der Waals surface area contributed by atoms with E-state index < -0.39 is 0 Å². The fourth-order valence-electron chi connectivity index (χ4n) is 3.20. The van der Waals surface area contributed by atoms with Gasteiger partial charge in [0.25, 0.3) is 0 Å². The number of aldehydes is 1. The molecule has 2 aliphatic carbocycles. The third-order valence-electron chi connectivity index (χ3n) is 4.52. The van der Waals surface area contributed by atoms with Crippen molar-refractivity contribution >= 4 is 12.1 Å². The summed E-state index contributed by atoms with van der Waals surface area (Å²) in [6.45, 7) is 1.99. The van der Waals surface area contributed by atoms with Crippen LogP contribution < -0.4 is 9.47 Å². The molecule has 0 spiro atoms. The molecule has 1 aromatic rings. The molecule has 0 N–H and O–H groups in total. The van der Waals surface area contributed by atoms with E-state index in [9.17, 15) is 9.59 Å². The van der Waals surface area contributed by atoms with Crippen LogP contribution in [-0.4, -0.2) is 25.8 Å². The number of rotatable bonds is 8. The van der Waals surface area contributed by atoms with Gasteiger partial charge >= 0.3 is 0 Å². The highest BCUT2D eigenvalue weighted by Gasteiger charge is 2.20. The van der Waals surface area contributed by atoms with Gasteiger partial charge in [0.05, 0.1) is 12.7 Å². The summed E-state index contributed by atoms with van der Waals surface area (Å²) < 4.78 is 10.8. The molecular weight excluding hydrogens is 340 g/mol. The summed E-state index contributed by atoms with van der Waals surface area (Å²) in [7, 11) is 1.53. The van der Waals surface area contributed by atoms with E-state index in [1.807, 2.05) is 36.4 Å². The molecule has 0 saturated carbocycles. The summed E-state index contributed by atoms with van der Waals surface area (Å²) in [5.74, 6) is 0.824. The van der Waals surface area contributed by atoms with Gasteiger partial charge in [-0.3, -0.25) is 9.59 Å². The molecule has 0 radical (unpaired) electrons. The van der Waals surface area contributed by atoms with E-state index in [-0.39, 0.29) is 12.4 Å². The Labute approximate surface area is 159 Å². The van der Waals surface area contributed by atoms with Gasteiger partial charge in [0.1, 0.15) is 11.5 Å². The van der Waals surface area contributed by atoms with Crippen LogP contribution in [0, 0.1) is 0 Å². The van der Waals surface area contributed by atoms with E-state index in [1.165, 1.54) is 12.7 Å². The van der Waals surface area contributed by atoms with Gasteiger partial charge in [0, 0.05) is 5.56 Å². The van der Waals surface area contributed by atoms with Crippen molar-refractivity contribution < 1.29 is 19.1 Å². The fourth-order valence-corrected chi connectivity index (χ4v) is 3.20. The van der Waals surface area contributed by atoms with E-state index in [1.54, 1.807) is 18.2 Å². The van der Waals surface area contributed by atoms with E-state index in [0.29, 0.717) is 28.9 Å². The number of methoxy groups -OCH3 is 1. The number of carbonyl (C=O) groups is 2. The number of hydrogen-bond donors (Lipinski definition) is 0. The smallest absolute Gasteiger partial charge is 0.200 e. The maximum Gasteiger partial charge on any atom is 0.200 e. The van der Waals surface area contributed by atoms with Crippen LogP contribution in [0.4, 0.5) is 0 Å². The number of fused-ring (bicyclic) bond motifs is 1. The molecule has 4 nitrogen and oxygen atoms in total. The Morgan fingerprint density at radius 2 is 1.81 bits per heavy atom. The van der Waals surface area contributed by atoms with Crippen LogP contribution in [0.5, 0.6) is 11.5 Å². The number of hydrogen-bond acceptors (Lipinski definition) is 4. The lowest BCUT2D eigenvalue weighted by Gasteiger charge is -2.09. The summed E-state index contributed by atoms with van der Waals surface area (Å²) in [4.78, 5) is 24.1. The maximum atomic E-state index is 12.8. The third-order valence-corrected chi connectivity index (χ3v) is 4.52. The zero-order valence-corrected chi connectivity index (χ0v) is 15.5. The van der Waals surface area contributed by atoms with Crippen molar-refractivity contribution in [1.82, 2.24) is 0 Å². The lowest BCUT2D eigenvalue weighted by Crippen LogP contribution is -2.12. The summed E-state index contributed by atoms with van der Waals surface area (Å²) in [6.07, 6.45) is 2.62. The zero-order valence-electron chi connectivity index (χ0n) is 15.5. The van der Waals surface area contributed by atoms with E-state index in [4.69, 9.17) is 9.47 Å². The van der Waals surface area contributed by atoms with Crippen molar-refractivity contribution in [3.63, 3.8) is 0 Å². The second-order valence-corrected chi connectivity index (χ2v) is 6.30. The Kier molecular flexibility index (Phi) is 5.87. The van der Waals surface area contributed by atoms with Crippen LogP contribution >= 0.6 is 0 Å². The molecule has 2 aliphatic rings. The third kappa shape index (κ3) is 4.00. The van der Waals surface area contributed by atoms with E-state index in [0.717, 1.165) is 24.0 Å². The Hall–Kier alpha value is -3.14. The average molecular weight is 362 g/mol. The standard InChI is InChI=1S/C23H22O4/c1-3-7-16-13-21(20-9-6-4-5-8-19(16)20)22(25)15-27-23-11-10-18(26-2)12-17(23)14-24/h4-6,8-14H,3,7,15H2,1-2H3. The molecule has 0 bridgehead atoms. The molecule has 0 aliphatic heterocycles. The van der Waals surface area contributed by atoms with Crippen LogP contribution in [0.3, 0.4) is 0 Å². The van der Waals surface area contributed by atoms with Gasteiger partial charge in [-0.15, -0.1) is 0 Å². The first-order chi connectivity index (χ1) is 13.2. The van der Waals surface area contributed by atoms with Crippen LogP contribution in [0.15, 0.2) is 54.6 Å². The molecule has 0 atom stereocenters. The molecule has 0 aromatic heterocycles. The Morgan fingerprint density at radius 1 is 1.04 bits per heavy atom. The van der Waals surface area contributed by atoms with Gasteiger partial charge in [0.2, 0.25) is 5.78 Å². The van der Waals surface area contributed by atoms with E-state index in [2.05, 4.69) is 6.92 Å². The number of aryl methyl sites for hydroxylation is 1. The molecule has 138 valence electrons. The summed E-state index contributed by atoms with van der Waals surface area (Å²) in [5, 5.41) is 0.